The molecule has 4 aromatic rings. The van der Waals surface area contributed by atoms with Gasteiger partial charge in [-0.15, -0.1) is 0 Å². The predicted octanol–water partition coefficient (Wildman–Crippen LogP) is 3.42. The number of aryl methyl sites for hydroxylation is 1. The maximum absolute atomic E-state index is 12.5. The first-order chi connectivity index (χ1) is 15.6. The summed E-state index contributed by atoms with van der Waals surface area (Å²) in [5.74, 6) is -0.0372. The topological polar surface area (TPSA) is 97.1 Å². The van der Waals surface area contributed by atoms with Crippen LogP contribution in [0.4, 0.5) is 5.69 Å². The number of nitrogens with zero attached hydrogens (tertiary/aromatic N) is 3. The number of ether oxygens (including phenoxy) is 1. The van der Waals surface area contributed by atoms with Gasteiger partial charge in [-0.3, -0.25) is 14.0 Å². The Morgan fingerprint density at radius 2 is 1.78 bits per heavy atom. The number of fused-ring (bicyclic) bond motifs is 1. The molecule has 0 spiro atoms. The van der Waals surface area contributed by atoms with Gasteiger partial charge in [0.2, 0.25) is 0 Å². The highest BCUT2D eigenvalue weighted by Crippen LogP contribution is 2.13. The number of aromatic nitrogens is 2. The van der Waals surface area contributed by atoms with Crippen molar-refractivity contribution in [2.45, 2.75) is 6.92 Å². The standard InChI is InChI=1S/C24H21N5O3/c1-17-23(29-14-6-5-9-21(29)26-17)24(31)28-25-15-18-10-12-20(13-11-18)32-16-22(30)27-19-7-3-2-4-8-19/h2-15H,16H2,1H3,(H,27,30)(H,28,31)/b25-15-. The van der Waals surface area contributed by atoms with Crippen LogP contribution in [0.2, 0.25) is 0 Å². The van der Waals surface area contributed by atoms with Crippen LogP contribution in [0.5, 0.6) is 5.75 Å². The van der Waals surface area contributed by atoms with E-state index in [1.807, 2.05) is 48.5 Å². The highest BCUT2D eigenvalue weighted by molar-refractivity contribution is 5.95. The van der Waals surface area contributed by atoms with Crippen molar-refractivity contribution in [3.8, 4) is 5.75 Å². The zero-order chi connectivity index (χ0) is 22.3. The molecule has 2 aromatic carbocycles. The second-order valence-electron chi connectivity index (χ2n) is 6.95. The highest BCUT2D eigenvalue weighted by atomic mass is 16.5. The zero-order valence-corrected chi connectivity index (χ0v) is 17.4. The van der Waals surface area contributed by atoms with Gasteiger partial charge in [0.05, 0.1) is 11.9 Å². The molecule has 0 aliphatic heterocycles. The van der Waals surface area contributed by atoms with Crippen LogP contribution in [0.25, 0.3) is 5.65 Å². The monoisotopic (exact) mass is 427 g/mol. The average molecular weight is 427 g/mol. The van der Waals surface area contributed by atoms with Crippen LogP contribution in [-0.4, -0.2) is 34.0 Å². The second-order valence-corrected chi connectivity index (χ2v) is 6.95. The molecule has 0 atom stereocenters. The number of hydrazone groups is 1. The molecule has 8 heteroatoms. The van der Waals surface area contributed by atoms with E-state index in [2.05, 4.69) is 20.8 Å². The number of para-hydroxylation sites is 1. The fourth-order valence-corrected chi connectivity index (χ4v) is 3.12. The maximum atomic E-state index is 12.5. The minimum Gasteiger partial charge on any atom is -0.484 e. The quantitative estimate of drug-likeness (QED) is 0.349. The van der Waals surface area contributed by atoms with E-state index in [9.17, 15) is 9.59 Å². The summed E-state index contributed by atoms with van der Waals surface area (Å²) in [5.41, 5.74) is 5.78. The predicted molar refractivity (Wildman–Crippen MR) is 122 cm³/mol. The van der Waals surface area contributed by atoms with Crippen molar-refractivity contribution in [3.63, 3.8) is 0 Å². The first kappa shape index (κ1) is 20.8. The molecule has 0 saturated heterocycles. The van der Waals surface area contributed by atoms with Gasteiger partial charge in [0.15, 0.2) is 6.61 Å². The van der Waals surface area contributed by atoms with Gasteiger partial charge in [0.1, 0.15) is 17.1 Å². The summed E-state index contributed by atoms with van der Waals surface area (Å²) >= 11 is 0. The summed E-state index contributed by atoms with van der Waals surface area (Å²) in [7, 11) is 0. The highest BCUT2D eigenvalue weighted by Gasteiger charge is 2.15. The third-order valence-electron chi connectivity index (χ3n) is 4.61. The van der Waals surface area contributed by atoms with E-state index in [0.717, 1.165) is 5.56 Å². The van der Waals surface area contributed by atoms with Gasteiger partial charge >= 0.3 is 0 Å². The fourth-order valence-electron chi connectivity index (χ4n) is 3.12. The molecule has 0 aliphatic carbocycles. The lowest BCUT2D eigenvalue weighted by molar-refractivity contribution is -0.118. The van der Waals surface area contributed by atoms with Crippen molar-refractivity contribution in [1.82, 2.24) is 14.8 Å². The summed E-state index contributed by atoms with van der Waals surface area (Å²) in [5, 5.41) is 6.78. The molecule has 0 fully saturated rings. The normalized spacial score (nSPS) is 10.9. The van der Waals surface area contributed by atoms with Gasteiger partial charge in [-0.05, 0) is 61.0 Å². The largest absolute Gasteiger partial charge is 0.484 e. The summed E-state index contributed by atoms with van der Waals surface area (Å²) in [6, 6.07) is 21.7. The van der Waals surface area contributed by atoms with Crippen LogP contribution in [0.3, 0.4) is 0 Å². The molecule has 8 nitrogen and oxygen atoms in total. The van der Waals surface area contributed by atoms with Crippen LogP contribution >= 0.6 is 0 Å². The Bertz CT molecular complexity index is 1260. The van der Waals surface area contributed by atoms with Crippen LogP contribution in [0.15, 0.2) is 84.1 Å². The molecule has 0 aliphatic rings. The SMILES string of the molecule is Cc1nc2ccccn2c1C(=O)N/N=C\c1ccc(OCC(=O)Nc2ccccc2)cc1. The van der Waals surface area contributed by atoms with Crippen molar-refractivity contribution in [1.29, 1.82) is 0 Å². The lowest BCUT2D eigenvalue weighted by Crippen LogP contribution is -2.20. The van der Waals surface area contributed by atoms with Crippen LogP contribution in [-0.2, 0) is 4.79 Å². The molecule has 0 radical (unpaired) electrons. The van der Waals surface area contributed by atoms with Crippen molar-refractivity contribution in [2.75, 3.05) is 11.9 Å². The molecular formula is C24H21N5O3. The molecular weight excluding hydrogens is 406 g/mol. The molecule has 0 unspecified atom stereocenters. The molecule has 32 heavy (non-hydrogen) atoms. The summed E-state index contributed by atoms with van der Waals surface area (Å²) in [6.07, 6.45) is 3.31. The van der Waals surface area contributed by atoms with E-state index in [1.54, 1.807) is 41.8 Å². The first-order valence-electron chi connectivity index (χ1n) is 9.95. The summed E-state index contributed by atoms with van der Waals surface area (Å²) in [4.78, 5) is 28.8. The molecule has 2 N–H and O–H groups in total. The third kappa shape index (κ3) is 4.99. The van der Waals surface area contributed by atoms with Crippen molar-refractivity contribution < 1.29 is 14.3 Å². The van der Waals surface area contributed by atoms with Gasteiger partial charge in [-0.2, -0.15) is 5.10 Å². The number of nitrogens with one attached hydrogen (secondary N) is 2. The molecule has 4 rings (SSSR count). The number of rotatable bonds is 7. The van der Waals surface area contributed by atoms with Crippen LogP contribution < -0.4 is 15.5 Å². The molecule has 0 bridgehead atoms. The lowest BCUT2D eigenvalue weighted by atomic mass is 10.2. The van der Waals surface area contributed by atoms with Crippen LogP contribution in [0, 0.1) is 6.92 Å². The van der Waals surface area contributed by atoms with Crippen molar-refractivity contribution in [2.24, 2.45) is 5.10 Å². The number of carbonyl (C=O) groups is 2. The number of amides is 2. The number of hydrogen-bond acceptors (Lipinski definition) is 5. The van der Waals surface area contributed by atoms with Gasteiger partial charge in [0.25, 0.3) is 11.8 Å². The Morgan fingerprint density at radius 1 is 1.03 bits per heavy atom. The third-order valence-corrected chi connectivity index (χ3v) is 4.61. The van der Waals surface area contributed by atoms with Crippen LogP contribution in [0.1, 0.15) is 21.7 Å². The van der Waals surface area contributed by atoms with E-state index in [-0.39, 0.29) is 18.4 Å². The van der Waals surface area contributed by atoms with Crippen molar-refractivity contribution >= 4 is 29.4 Å². The molecule has 0 saturated carbocycles. The average Bonchev–Trinajstić information content (AvgIpc) is 3.15. The second kappa shape index (κ2) is 9.57. The Hall–Kier alpha value is -4.46. The number of carbonyl (C=O) groups excluding carboxylic acids is 2. The Balaban J connectivity index is 1.30. The summed E-state index contributed by atoms with van der Waals surface area (Å²) in [6.45, 7) is 1.68. The molecule has 160 valence electrons. The van der Waals surface area contributed by atoms with Gasteiger partial charge in [0, 0.05) is 11.9 Å². The number of anilines is 1. The Morgan fingerprint density at radius 3 is 2.56 bits per heavy atom. The van der Waals surface area contributed by atoms with E-state index in [4.69, 9.17) is 4.74 Å². The zero-order valence-electron chi connectivity index (χ0n) is 17.4. The molecule has 2 amide bonds. The number of hydrogen-bond donors (Lipinski definition) is 2. The number of benzene rings is 2. The maximum Gasteiger partial charge on any atom is 0.290 e. The van der Waals surface area contributed by atoms with Crippen molar-refractivity contribution in [3.05, 3.63) is 95.9 Å². The summed E-state index contributed by atoms with van der Waals surface area (Å²) < 4.78 is 7.23. The first-order valence-corrected chi connectivity index (χ1v) is 9.95. The van der Waals surface area contributed by atoms with E-state index in [0.29, 0.717) is 28.5 Å². The number of pyridine rings is 1. The smallest absolute Gasteiger partial charge is 0.290 e. The molecule has 2 heterocycles. The van der Waals surface area contributed by atoms with E-state index in [1.165, 1.54) is 6.21 Å². The Kier molecular flexibility index (Phi) is 6.22. The number of imidazole rings is 1. The van der Waals surface area contributed by atoms with Gasteiger partial charge in [-0.1, -0.05) is 24.3 Å². The Labute approximate surface area is 184 Å². The minimum absolute atomic E-state index is 0.100. The fraction of sp³-hybridized carbons (Fsp3) is 0.0833. The van der Waals surface area contributed by atoms with E-state index < -0.39 is 0 Å². The van der Waals surface area contributed by atoms with Gasteiger partial charge in [-0.25, -0.2) is 10.4 Å². The molecule has 2 aromatic heterocycles. The lowest BCUT2D eigenvalue weighted by Gasteiger charge is -2.07. The van der Waals surface area contributed by atoms with Gasteiger partial charge < -0.3 is 10.1 Å². The minimum atomic E-state index is -0.346. The van der Waals surface area contributed by atoms with E-state index >= 15 is 0 Å².